The number of rotatable bonds is 2. The molecule has 3 rings (SSSR count). The van der Waals surface area contributed by atoms with Gasteiger partial charge < -0.3 is 10.2 Å². The first-order valence-corrected chi connectivity index (χ1v) is 6.57. The van der Waals surface area contributed by atoms with Crippen molar-refractivity contribution in [2.45, 2.75) is 19.3 Å². The molecule has 1 amide bonds. The first-order chi connectivity index (χ1) is 9.22. The van der Waals surface area contributed by atoms with Crippen LogP contribution in [0.2, 0.25) is 0 Å². The van der Waals surface area contributed by atoms with Crippen molar-refractivity contribution in [1.29, 1.82) is 0 Å². The fraction of sp³-hybridized carbons (Fsp3) is 0.357. The van der Waals surface area contributed by atoms with E-state index in [0.29, 0.717) is 17.0 Å². The molecule has 1 aromatic heterocycles. The molecular weight excluding hydrogens is 242 g/mol. The molecule has 1 aliphatic heterocycles. The predicted molar refractivity (Wildman–Crippen MR) is 73.5 cm³/mol. The Morgan fingerprint density at radius 1 is 1.21 bits per heavy atom. The molecule has 3 N–H and O–H groups in total. The normalized spacial score (nSPS) is 16.6. The Hall–Kier alpha value is -2.01. The van der Waals surface area contributed by atoms with Crippen molar-refractivity contribution in [3.63, 3.8) is 0 Å². The molecular formula is C14H17N3O2. The molecule has 0 radical (unpaired) electrons. The van der Waals surface area contributed by atoms with Gasteiger partial charge in [0.2, 0.25) is 0 Å². The highest BCUT2D eigenvalue weighted by Gasteiger charge is 2.17. The van der Waals surface area contributed by atoms with Gasteiger partial charge in [-0.3, -0.25) is 10.2 Å². The lowest BCUT2D eigenvalue weighted by Gasteiger charge is -2.26. The molecule has 1 saturated heterocycles. The van der Waals surface area contributed by atoms with E-state index in [0.717, 1.165) is 31.3 Å². The van der Waals surface area contributed by atoms with Gasteiger partial charge in [-0.1, -0.05) is 6.42 Å². The summed E-state index contributed by atoms with van der Waals surface area (Å²) in [5.74, 6) is 0.128. The van der Waals surface area contributed by atoms with Crippen LogP contribution < -0.4 is 11.2 Å². The van der Waals surface area contributed by atoms with E-state index in [2.05, 4.69) is 5.43 Å². The van der Waals surface area contributed by atoms with Gasteiger partial charge in [0.25, 0.3) is 0 Å². The molecule has 100 valence electrons. The third-order valence-corrected chi connectivity index (χ3v) is 3.38. The summed E-state index contributed by atoms with van der Waals surface area (Å²) in [7, 11) is 0. The van der Waals surface area contributed by atoms with Crippen molar-refractivity contribution >= 4 is 22.6 Å². The number of benzene rings is 1. The van der Waals surface area contributed by atoms with Crippen LogP contribution in [0.5, 0.6) is 0 Å². The number of nitrogens with two attached hydrogens (primary N) is 1. The van der Waals surface area contributed by atoms with Gasteiger partial charge in [0.05, 0.1) is 0 Å². The van der Waals surface area contributed by atoms with Crippen LogP contribution in [-0.4, -0.2) is 24.0 Å². The van der Waals surface area contributed by atoms with Crippen molar-refractivity contribution in [2.75, 3.05) is 18.8 Å². The summed E-state index contributed by atoms with van der Waals surface area (Å²) in [6.07, 6.45) is 3.48. The monoisotopic (exact) mass is 259 g/mol. The molecule has 2 aromatic rings. The van der Waals surface area contributed by atoms with Gasteiger partial charge in [-0.25, -0.2) is 5.01 Å². The highest BCUT2D eigenvalue weighted by atomic mass is 16.3. The number of hydrogen-bond donors (Lipinski definition) is 2. The van der Waals surface area contributed by atoms with E-state index >= 15 is 0 Å². The van der Waals surface area contributed by atoms with E-state index < -0.39 is 0 Å². The number of nitrogens with one attached hydrogen (secondary N) is 1. The van der Waals surface area contributed by atoms with Crippen LogP contribution in [0.25, 0.3) is 11.0 Å². The first-order valence-electron chi connectivity index (χ1n) is 6.57. The summed E-state index contributed by atoms with van der Waals surface area (Å²) < 4.78 is 5.53. The number of hydrogen-bond acceptors (Lipinski definition) is 4. The molecule has 2 heterocycles. The van der Waals surface area contributed by atoms with Crippen LogP contribution in [0.3, 0.4) is 0 Å². The minimum atomic E-state index is -0.198. The van der Waals surface area contributed by atoms with Gasteiger partial charge in [0.1, 0.15) is 5.58 Å². The summed E-state index contributed by atoms with van der Waals surface area (Å²) in [5.41, 5.74) is 9.93. The van der Waals surface area contributed by atoms with E-state index in [9.17, 15) is 4.79 Å². The van der Waals surface area contributed by atoms with Crippen LogP contribution in [-0.2, 0) is 0 Å². The number of amides is 1. The highest BCUT2D eigenvalue weighted by Crippen LogP contribution is 2.21. The molecule has 1 fully saturated rings. The molecule has 19 heavy (non-hydrogen) atoms. The van der Waals surface area contributed by atoms with Crippen molar-refractivity contribution < 1.29 is 9.21 Å². The zero-order valence-corrected chi connectivity index (χ0v) is 10.7. The molecule has 0 saturated carbocycles. The second-order valence-electron chi connectivity index (χ2n) is 4.90. The van der Waals surface area contributed by atoms with E-state index in [1.54, 1.807) is 24.3 Å². The standard InChI is InChI=1S/C14H17N3O2/c15-11-4-5-12-10(8-11)9-13(19-12)14(18)16-17-6-2-1-3-7-17/h4-5,8-9H,1-3,6-7,15H2,(H,16,18). The Morgan fingerprint density at radius 3 is 2.79 bits per heavy atom. The molecule has 1 aromatic carbocycles. The zero-order valence-electron chi connectivity index (χ0n) is 10.7. The topological polar surface area (TPSA) is 71.5 Å². The van der Waals surface area contributed by atoms with E-state index in [-0.39, 0.29) is 5.91 Å². The molecule has 0 aliphatic carbocycles. The second-order valence-corrected chi connectivity index (χ2v) is 4.90. The quantitative estimate of drug-likeness (QED) is 0.811. The Kier molecular flexibility index (Phi) is 3.13. The summed E-state index contributed by atoms with van der Waals surface area (Å²) in [6.45, 7) is 1.80. The Morgan fingerprint density at radius 2 is 2.00 bits per heavy atom. The number of furan rings is 1. The number of carbonyl (C=O) groups is 1. The van der Waals surface area contributed by atoms with Gasteiger partial charge in [-0.05, 0) is 37.1 Å². The van der Waals surface area contributed by atoms with E-state index in [4.69, 9.17) is 10.2 Å². The second kappa shape index (κ2) is 4.93. The van der Waals surface area contributed by atoms with Crippen LogP contribution in [0, 0.1) is 0 Å². The predicted octanol–water partition coefficient (Wildman–Crippen LogP) is 2.15. The molecule has 0 spiro atoms. The lowest BCUT2D eigenvalue weighted by atomic mass is 10.2. The fourth-order valence-corrected chi connectivity index (χ4v) is 2.38. The SMILES string of the molecule is Nc1ccc2oc(C(=O)NN3CCCCC3)cc2c1. The molecule has 5 nitrogen and oxygen atoms in total. The van der Waals surface area contributed by atoms with Crippen molar-refractivity contribution in [2.24, 2.45) is 0 Å². The maximum atomic E-state index is 12.1. The average Bonchev–Trinajstić information content (AvgIpc) is 2.83. The van der Waals surface area contributed by atoms with Crippen LogP contribution in [0.4, 0.5) is 5.69 Å². The van der Waals surface area contributed by atoms with Gasteiger partial charge in [0.15, 0.2) is 5.76 Å². The Labute approximate surface area is 111 Å². The number of fused-ring (bicyclic) bond motifs is 1. The fourth-order valence-electron chi connectivity index (χ4n) is 2.38. The molecule has 1 aliphatic rings. The summed E-state index contributed by atoms with van der Waals surface area (Å²) in [5, 5.41) is 2.80. The number of carbonyl (C=O) groups excluding carboxylic acids is 1. The van der Waals surface area contributed by atoms with Crippen LogP contribution in [0.1, 0.15) is 29.8 Å². The average molecular weight is 259 g/mol. The first kappa shape index (κ1) is 12.0. The third-order valence-electron chi connectivity index (χ3n) is 3.38. The summed E-state index contributed by atoms with van der Waals surface area (Å²) in [4.78, 5) is 12.1. The van der Waals surface area contributed by atoms with Crippen molar-refractivity contribution in [1.82, 2.24) is 10.4 Å². The maximum absolute atomic E-state index is 12.1. The van der Waals surface area contributed by atoms with Gasteiger partial charge in [-0.2, -0.15) is 0 Å². The number of nitrogens with zero attached hydrogens (tertiary/aromatic N) is 1. The Balaban J connectivity index is 1.77. The molecule has 0 unspecified atom stereocenters. The molecule has 5 heteroatoms. The zero-order chi connectivity index (χ0) is 13.2. The number of hydrazine groups is 1. The lowest BCUT2D eigenvalue weighted by molar-refractivity contribution is 0.0723. The van der Waals surface area contributed by atoms with Gasteiger partial charge >= 0.3 is 5.91 Å². The molecule has 0 bridgehead atoms. The highest BCUT2D eigenvalue weighted by molar-refractivity contribution is 5.96. The largest absolute Gasteiger partial charge is 0.451 e. The minimum absolute atomic E-state index is 0.198. The summed E-state index contributed by atoms with van der Waals surface area (Å²) >= 11 is 0. The lowest BCUT2D eigenvalue weighted by Crippen LogP contribution is -2.44. The number of nitrogen functional groups attached to an aromatic ring is 1. The van der Waals surface area contributed by atoms with Crippen molar-refractivity contribution in [3.8, 4) is 0 Å². The maximum Gasteiger partial charge on any atom is 0.301 e. The smallest absolute Gasteiger partial charge is 0.301 e. The number of piperidine rings is 1. The van der Waals surface area contributed by atoms with Gasteiger partial charge in [0, 0.05) is 24.2 Å². The van der Waals surface area contributed by atoms with Crippen LogP contribution >= 0.6 is 0 Å². The van der Waals surface area contributed by atoms with Crippen LogP contribution in [0.15, 0.2) is 28.7 Å². The Bertz CT molecular complexity index is 600. The van der Waals surface area contributed by atoms with Crippen molar-refractivity contribution in [3.05, 3.63) is 30.0 Å². The third kappa shape index (κ3) is 2.56. The van der Waals surface area contributed by atoms with E-state index in [1.165, 1.54) is 6.42 Å². The minimum Gasteiger partial charge on any atom is -0.451 e. The summed E-state index contributed by atoms with van der Waals surface area (Å²) in [6, 6.07) is 7.07. The molecule has 0 atom stereocenters. The van der Waals surface area contributed by atoms with Gasteiger partial charge in [-0.15, -0.1) is 0 Å². The van der Waals surface area contributed by atoms with E-state index in [1.807, 2.05) is 5.01 Å². The number of anilines is 1.